The predicted molar refractivity (Wildman–Crippen MR) is 105 cm³/mol. The number of thioether (sulfide) groups is 1. The highest BCUT2D eigenvalue weighted by molar-refractivity contribution is 8.01. The molecule has 3 aromatic rings. The summed E-state index contributed by atoms with van der Waals surface area (Å²) in [4.78, 5) is 12.4. The van der Waals surface area contributed by atoms with Crippen LogP contribution in [-0.4, -0.2) is 21.7 Å². The van der Waals surface area contributed by atoms with Gasteiger partial charge in [-0.15, -0.1) is 10.2 Å². The van der Waals surface area contributed by atoms with Crippen molar-refractivity contribution in [3.63, 3.8) is 0 Å². The molecule has 0 radical (unpaired) electrons. The normalized spacial score (nSPS) is 10.7. The number of ketones is 1. The van der Waals surface area contributed by atoms with Crippen molar-refractivity contribution in [1.82, 2.24) is 10.2 Å². The van der Waals surface area contributed by atoms with Gasteiger partial charge in [-0.2, -0.15) is 0 Å². The molecule has 0 aliphatic heterocycles. The van der Waals surface area contributed by atoms with E-state index in [4.69, 9.17) is 0 Å². The Morgan fingerprint density at radius 2 is 1.76 bits per heavy atom. The zero-order valence-electron chi connectivity index (χ0n) is 14.4. The van der Waals surface area contributed by atoms with Crippen LogP contribution in [0.3, 0.4) is 0 Å². The molecule has 2 aromatic carbocycles. The maximum absolute atomic E-state index is 12.4. The van der Waals surface area contributed by atoms with E-state index in [9.17, 15) is 4.79 Å². The van der Waals surface area contributed by atoms with Gasteiger partial charge in [0.2, 0.25) is 5.13 Å². The van der Waals surface area contributed by atoms with Gasteiger partial charge in [0.1, 0.15) is 0 Å². The molecule has 0 aliphatic rings. The van der Waals surface area contributed by atoms with Crippen molar-refractivity contribution in [3.8, 4) is 0 Å². The van der Waals surface area contributed by atoms with Gasteiger partial charge in [-0.1, -0.05) is 64.6 Å². The third kappa shape index (κ3) is 4.67. The van der Waals surface area contributed by atoms with Crippen LogP contribution in [-0.2, 0) is 0 Å². The van der Waals surface area contributed by atoms with E-state index < -0.39 is 0 Å². The largest absolute Gasteiger partial charge is 0.330 e. The third-order valence-electron chi connectivity index (χ3n) is 3.72. The Kier molecular flexibility index (Phi) is 5.50. The van der Waals surface area contributed by atoms with E-state index in [0.29, 0.717) is 5.75 Å². The molecule has 4 nitrogen and oxygen atoms in total. The minimum absolute atomic E-state index is 0.116. The number of aryl methyl sites for hydroxylation is 3. The van der Waals surface area contributed by atoms with Gasteiger partial charge in [0.25, 0.3) is 0 Å². The van der Waals surface area contributed by atoms with Gasteiger partial charge >= 0.3 is 0 Å². The van der Waals surface area contributed by atoms with E-state index in [1.165, 1.54) is 28.7 Å². The SMILES string of the molecule is Cc1ccc(Nc2nnc(SCC(=O)c3ccc(C)cc3C)s2)cc1. The van der Waals surface area contributed by atoms with Gasteiger partial charge in [0.15, 0.2) is 10.1 Å². The van der Waals surface area contributed by atoms with Crippen molar-refractivity contribution in [2.75, 3.05) is 11.1 Å². The minimum atomic E-state index is 0.116. The van der Waals surface area contributed by atoms with E-state index in [1.807, 2.05) is 56.3 Å². The van der Waals surface area contributed by atoms with Crippen LogP contribution in [0.1, 0.15) is 27.0 Å². The molecule has 0 amide bonds. The number of rotatable bonds is 6. The molecule has 0 atom stereocenters. The van der Waals surface area contributed by atoms with Crippen LogP contribution < -0.4 is 5.32 Å². The molecule has 3 rings (SSSR count). The summed E-state index contributed by atoms with van der Waals surface area (Å²) >= 11 is 2.88. The van der Waals surface area contributed by atoms with Crippen molar-refractivity contribution in [2.24, 2.45) is 0 Å². The Labute approximate surface area is 155 Å². The quantitative estimate of drug-likeness (QED) is 0.479. The van der Waals surface area contributed by atoms with Crippen molar-refractivity contribution >= 4 is 39.7 Å². The zero-order valence-corrected chi connectivity index (χ0v) is 16.0. The molecular weight excluding hydrogens is 350 g/mol. The van der Waals surface area contributed by atoms with E-state index in [1.54, 1.807) is 0 Å². The number of carbonyl (C=O) groups is 1. The monoisotopic (exact) mass is 369 g/mol. The summed E-state index contributed by atoms with van der Waals surface area (Å²) in [7, 11) is 0. The van der Waals surface area contributed by atoms with Gasteiger partial charge in [0, 0.05) is 11.3 Å². The van der Waals surface area contributed by atoms with Gasteiger partial charge in [-0.05, 0) is 38.5 Å². The van der Waals surface area contributed by atoms with Crippen LogP contribution in [0.25, 0.3) is 0 Å². The van der Waals surface area contributed by atoms with Crippen LogP contribution in [0.4, 0.5) is 10.8 Å². The van der Waals surface area contributed by atoms with Crippen molar-refractivity contribution in [1.29, 1.82) is 0 Å². The fourth-order valence-electron chi connectivity index (χ4n) is 2.41. The van der Waals surface area contributed by atoms with Crippen LogP contribution in [0.5, 0.6) is 0 Å². The van der Waals surface area contributed by atoms with Crippen LogP contribution in [0.2, 0.25) is 0 Å². The molecule has 1 N–H and O–H groups in total. The van der Waals surface area contributed by atoms with E-state index in [-0.39, 0.29) is 5.78 Å². The first kappa shape index (κ1) is 17.6. The fourth-order valence-corrected chi connectivity index (χ4v) is 4.07. The Morgan fingerprint density at radius 1 is 1.04 bits per heavy atom. The van der Waals surface area contributed by atoms with E-state index >= 15 is 0 Å². The second-order valence-electron chi connectivity index (χ2n) is 5.89. The van der Waals surface area contributed by atoms with Crippen molar-refractivity contribution < 1.29 is 4.79 Å². The number of benzene rings is 2. The number of nitrogens with one attached hydrogen (secondary N) is 1. The summed E-state index contributed by atoms with van der Waals surface area (Å²) in [5.41, 5.74) is 5.15. The number of hydrogen-bond donors (Lipinski definition) is 1. The average molecular weight is 370 g/mol. The summed E-state index contributed by atoms with van der Waals surface area (Å²) in [5.74, 6) is 0.481. The molecule has 0 aliphatic carbocycles. The van der Waals surface area contributed by atoms with Crippen LogP contribution >= 0.6 is 23.1 Å². The van der Waals surface area contributed by atoms with Crippen molar-refractivity contribution in [3.05, 3.63) is 64.7 Å². The molecular formula is C19H19N3OS2. The first-order valence-corrected chi connectivity index (χ1v) is 9.72. The molecule has 128 valence electrons. The highest BCUT2D eigenvalue weighted by Crippen LogP contribution is 2.28. The number of Topliss-reactive ketones (excluding diaryl/α,β-unsaturated/α-hetero) is 1. The minimum Gasteiger partial charge on any atom is -0.330 e. The fraction of sp³-hybridized carbons (Fsp3) is 0.211. The van der Waals surface area contributed by atoms with Gasteiger partial charge in [0.05, 0.1) is 5.75 Å². The van der Waals surface area contributed by atoms with Gasteiger partial charge in [-0.3, -0.25) is 4.79 Å². The maximum atomic E-state index is 12.4. The van der Waals surface area contributed by atoms with Gasteiger partial charge in [-0.25, -0.2) is 0 Å². The molecule has 0 fully saturated rings. The number of carbonyl (C=O) groups excluding carboxylic acids is 1. The summed E-state index contributed by atoms with van der Waals surface area (Å²) in [6.45, 7) is 6.05. The summed E-state index contributed by atoms with van der Waals surface area (Å²) in [6, 6.07) is 14.0. The second kappa shape index (κ2) is 7.80. The Morgan fingerprint density at radius 3 is 2.48 bits per heavy atom. The molecule has 0 saturated heterocycles. The summed E-state index contributed by atoms with van der Waals surface area (Å²) in [6.07, 6.45) is 0. The summed E-state index contributed by atoms with van der Waals surface area (Å²) < 4.78 is 0.785. The number of aromatic nitrogens is 2. The Balaban J connectivity index is 1.59. The molecule has 0 unspecified atom stereocenters. The molecule has 1 heterocycles. The number of anilines is 2. The van der Waals surface area contributed by atoms with E-state index in [2.05, 4.69) is 22.4 Å². The molecule has 1 aromatic heterocycles. The lowest BCUT2D eigenvalue weighted by atomic mass is 10.0. The smallest absolute Gasteiger partial charge is 0.210 e. The molecule has 6 heteroatoms. The Bertz CT molecular complexity index is 888. The first-order valence-electron chi connectivity index (χ1n) is 7.92. The molecule has 0 bridgehead atoms. The summed E-state index contributed by atoms with van der Waals surface area (Å²) in [5, 5.41) is 12.2. The standard InChI is InChI=1S/C19H19N3OS2/c1-12-4-7-15(8-5-12)20-18-21-22-19(25-18)24-11-17(23)16-9-6-13(2)10-14(16)3/h4-10H,11H2,1-3H3,(H,20,21). The van der Waals surface area contributed by atoms with Crippen LogP contribution in [0, 0.1) is 20.8 Å². The second-order valence-corrected chi connectivity index (χ2v) is 8.09. The van der Waals surface area contributed by atoms with Crippen LogP contribution in [0.15, 0.2) is 46.8 Å². The number of hydrogen-bond acceptors (Lipinski definition) is 6. The lowest BCUT2D eigenvalue weighted by Gasteiger charge is -2.04. The topological polar surface area (TPSA) is 54.9 Å². The molecule has 25 heavy (non-hydrogen) atoms. The highest BCUT2D eigenvalue weighted by Gasteiger charge is 2.12. The van der Waals surface area contributed by atoms with Crippen molar-refractivity contribution in [2.45, 2.75) is 25.1 Å². The highest BCUT2D eigenvalue weighted by atomic mass is 32.2. The first-order chi connectivity index (χ1) is 12.0. The lowest BCUT2D eigenvalue weighted by molar-refractivity contribution is 0.102. The predicted octanol–water partition coefficient (Wildman–Crippen LogP) is 5.18. The van der Waals surface area contributed by atoms with Gasteiger partial charge < -0.3 is 5.32 Å². The average Bonchev–Trinajstić information content (AvgIpc) is 3.02. The zero-order chi connectivity index (χ0) is 17.8. The molecule has 0 saturated carbocycles. The third-order valence-corrected chi connectivity index (χ3v) is 5.69. The maximum Gasteiger partial charge on any atom is 0.210 e. The Hall–Kier alpha value is -2.18. The molecule has 0 spiro atoms. The van der Waals surface area contributed by atoms with E-state index in [0.717, 1.165) is 31.8 Å². The lowest BCUT2D eigenvalue weighted by Crippen LogP contribution is -2.04. The number of nitrogens with zero attached hydrogens (tertiary/aromatic N) is 2.